The number of likely N-dealkylation sites (tertiary alicyclic amines) is 1. The van der Waals surface area contributed by atoms with E-state index in [9.17, 15) is 4.79 Å². The summed E-state index contributed by atoms with van der Waals surface area (Å²) < 4.78 is 5.40. The number of nitrogens with zero attached hydrogens (tertiary/aromatic N) is 1. The Morgan fingerprint density at radius 2 is 2.06 bits per heavy atom. The van der Waals surface area contributed by atoms with Crippen molar-refractivity contribution >= 4 is 6.09 Å². The molecule has 0 aromatic rings. The van der Waals surface area contributed by atoms with Gasteiger partial charge in [0.1, 0.15) is 5.60 Å². The zero-order valence-electron chi connectivity index (χ0n) is 10.8. The van der Waals surface area contributed by atoms with E-state index in [1.165, 1.54) is 32.2 Å². The van der Waals surface area contributed by atoms with Crippen LogP contribution in [-0.2, 0) is 4.74 Å². The van der Waals surface area contributed by atoms with E-state index in [-0.39, 0.29) is 11.7 Å². The number of nitrogens with one attached hydrogen (secondary N) is 1. The molecule has 0 radical (unpaired) electrons. The Hall–Kier alpha value is -0.770. The van der Waals surface area contributed by atoms with Crippen LogP contribution < -0.4 is 5.32 Å². The maximum atomic E-state index is 11.1. The predicted octanol–water partition coefficient (Wildman–Crippen LogP) is 2.14. The third-order valence-electron chi connectivity index (χ3n) is 3.96. The second-order valence-electron chi connectivity index (χ2n) is 5.33. The molecule has 0 unspecified atom stereocenters. The standard InChI is InChI=1S/C13H24N2O2/c1-2-3-4-5-8-15-9-6-13(7-10-15)11-14-12(16)17-13/h2-11H2,1H3,(H,14,16). The molecular weight excluding hydrogens is 216 g/mol. The summed E-state index contributed by atoms with van der Waals surface area (Å²) in [4.78, 5) is 13.6. The van der Waals surface area contributed by atoms with E-state index >= 15 is 0 Å². The maximum Gasteiger partial charge on any atom is 0.407 e. The number of ether oxygens (including phenoxy) is 1. The molecule has 1 N–H and O–H groups in total. The zero-order chi connectivity index (χ0) is 12.1. The summed E-state index contributed by atoms with van der Waals surface area (Å²) in [6.07, 6.45) is 7.03. The minimum atomic E-state index is -0.235. The first-order valence-corrected chi connectivity index (χ1v) is 6.93. The number of hydrogen-bond acceptors (Lipinski definition) is 3. The molecule has 0 bridgehead atoms. The van der Waals surface area contributed by atoms with Crippen molar-refractivity contribution in [1.82, 2.24) is 10.2 Å². The fraction of sp³-hybridized carbons (Fsp3) is 0.923. The van der Waals surface area contributed by atoms with Crippen molar-refractivity contribution in [2.75, 3.05) is 26.2 Å². The quantitative estimate of drug-likeness (QED) is 0.749. The van der Waals surface area contributed by atoms with Crippen molar-refractivity contribution in [3.05, 3.63) is 0 Å². The minimum absolute atomic E-state index is 0.184. The summed E-state index contributed by atoms with van der Waals surface area (Å²) in [6, 6.07) is 0. The smallest absolute Gasteiger partial charge is 0.407 e. The molecule has 1 spiro atoms. The van der Waals surface area contributed by atoms with Gasteiger partial charge in [0, 0.05) is 25.9 Å². The molecule has 4 nitrogen and oxygen atoms in total. The molecular formula is C13H24N2O2. The molecule has 0 saturated carbocycles. The number of unbranched alkanes of at least 4 members (excludes halogenated alkanes) is 3. The Labute approximate surface area is 104 Å². The fourth-order valence-electron chi connectivity index (χ4n) is 2.73. The van der Waals surface area contributed by atoms with Crippen LogP contribution in [0.25, 0.3) is 0 Å². The molecule has 0 aromatic carbocycles. The largest absolute Gasteiger partial charge is 0.441 e. The second-order valence-corrected chi connectivity index (χ2v) is 5.33. The lowest BCUT2D eigenvalue weighted by Crippen LogP contribution is -2.46. The van der Waals surface area contributed by atoms with Crippen LogP contribution in [0, 0.1) is 0 Å². The van der Waals surface area contributed by atoms with Crippen LogP contribution in [0.2, 0.25) is 0 Å². The van der Waals surface area contributed by atoms with Gasteiger partial charge in [0.2, 0.25) is 0 Å². The molecule has 0 atom stereocenters. The lowest BCUT2D eigenvalue weighted by atomic mass is 9.91. The normalized spacial score (nSPS) is 23.7. The van der Waals surface area contributed by atoms with E-state index in [2.05, 4.69) is 17.1 Å². The summed E-state index contributed by atoms with van der Waals surface area (Å²) in [5.41, 5.74) is -0.184. The van der Waals surface area contributed by atoms with E-state index in [0.717, 1.165) is 25.9 Å². The molecule has 98 valence electrons. The highest BCUT2D eigenvalue weighted by Crippen LogP contribution is 2.29. The van der Waals surface area contributed by atoms with Crippen molar-refractivity contribution in [1.29, 1.82) is 0 Å². The highest BCUT2D eigenvalue weighted by Gasteiger charge is 2.42. The van der Waals surface area contributed by atoms with Crippen molar-refractivity contribution in [3.8, 4) is 0 Å². The fourth-order valence-corrected chi connectivity index (χ4v) is 2.73. The summed E-state index contributed by atoms with van der Waals surface area (Å²) in [5.74, 6) is 0. The summed E-state index contributed by atoms with van der Waals surface area (Å²) in [5, 5.41) is 2.78. The number of hydrogen-bond donors (Lipinski definition) is 1. The molecule has 17 heavy (non-hydrogen) atoms. The predicted molar refractivity (Wildman–Crippen MR) is 67.0 cm³/mol. The lowest BCUT2D eigenvalue weighted by molar-refractivity contribution is 0.000633. The molecule has 2 rings (SSSR count). The maximum absolute atomic E-state index is 11.1. The molecule has 1 amide bonds. The van der Waals surface area contributed by atoms with E-state index in [1.54, 1.807) is 0 Å². The third-order valence-corrected chi connectivity index (χ3v) is 3.96. The lowest BCUT2D eigenvalue weighted by Gasteiger charge is -2.37. The van der Waals surface area contributed by atoms with Gasteiger partial charge in [-0.05, 0) is 13.0 Å². The molecule has 2 heterocycles. The summed E-state index contributed by atoms with van der Waals surface area (Å²) >= 11 is 0. The third kappa shape index (κ3) is 3.35. The molecule has 0 aliphatic carbocycles. The van der Waals surface area contributed by atoms with Crippen LogP contribution in [0.4, 0.5) is 4.79 Å². The summed E-state index contributed by atoms with van der Waals surface area (Å²) in [6.45, 7) is 6.29. The van der Waals surface area contributed by atoms with E-state index in [1.807, 2.05) is 0 Å². The van der Waals surface area contributed by atoms with Crippen LogP contribution in [0.3, 0.4) is 0 Å². The van der Waals surface area contributed by atoms with Crippen molar-refractivity contribution < 1.29 is 9.53 Å². The van der Waals surface area contributed by atoms with Crippen LogP contribution in [-0.4, -0.2) is 42.8 Å². The number of carbonyl (C=O) groups excluding carboxylic acids is 1. The SMILES string of the molecule is CCCCCCN1CCC2(CC1)CNC(=O)O2. The van der Waals surface area contributed by atoms with Crippen molar-refractivity contribution in [3.63, 3.8) is 0 Å². The monoisotopic (exact) mass is 240 g/mol. The van der Waals surface area contributed by atoms with Gasteiger partial charge in [0.15, 0.2) is 0 Å². The van der Waals surface area contributed by atoms with Gasteiger partial charge in [0.05, 0.1) is 6.54 Å². The Kier molecular flexibility index (Phi) is 4.26. The van der Waals surface area contributed by atoms with Gasteiger partial charge in [-0.15, -0.1) is 0 Å². The molecule has 2 fully saturated rings. The van der Waals surface area contributed by atoms with E-state index < -0.39 is 0 Å². The number of alkyl carbamates (subject to hydrolysis) is 1. The van der Waals surface area contributed by atoms with Gasteiger partial charge in [-0.2, -0.15) is 0 Å². The van der Waals surface area contributed by atoms with Crippen LogP contribution >= 0.6 is 0 Å². The van der Waals surface area contributed by atoms with Crippen LogP contribution in [0.1, 0.15) is 45.4 Å². The average molecular weight is 240 g/mol. The number of carbonyl (C=O) groups is 1. The minimum Gasteiger partial charge on any atom is -0.441 e. The molecule has 0 aromatic heterocycles. The average Bonchev–Trinajstić information content (AvgIpc) is 2.69. The molecule has 2 saturated heterocycles. The number of piperidine rings is 1. The molecule has 4 heteroatoms. The first kappa shape index (κ1) is 12.7. The second kappa shape index (κ2) is 5.71. The highest BCUT2D eigenvalue weighted by atomic mass is 16.6. The zero-order valence-corrected chi connectivity index (χ0v) is 10.8. The summed E-state index contributed by atoms with van der Waals surface area (Å²) in [7, 11) is 0. The highest BCUT2D eigenvalue weighted by molar-refractivity contribution is 5.70. The van der Waals surface area contributed by atoms with E-state index in [4.69, 9.17) is 4.74 Å². The Morgan fingerprint density at radius 3 is 2.65 bits per heavy atom. The van der Waals surface area contributed by atoms with Crippen LogP contribution in [0.5, 0.6) is 0 Å². The van der Waals surface area contributed by atoms with Crippen molar-refractivity contribution in [2.45, 2.75) is 51.0 Å². The Bertz CT molecular complexity index is 260. The number of amides is 1. The van der Waals surface area contributed by atoms with Gasteiger partial charge in [-0.3, -0.25) is 0 Å². The first-order chi connectivity index (χ1) is 8.24. The number of rotatable bonds is 5. The molecule has 2 aliphatic heterocycles. The van der Waals surface area contributed by atoms with Crippen LogP contribution in [0.15, 0.2) is 0 Å². The van der Waals surface area contributed by atoms with Gasteiger partial charge in [-0.1, -0.05) is 26.2 Å². The molecule has 2 aliphatic rings. The van der Waals surface area contributed by atoms with Gasteiger partial charge in [-0.25, -0.2) is 4.79 Å². The van der Waals surface area contributed by atoms with Gasteiger partial charge >= 0.3 is 6.09 Å². The Balaban J connectivity index is 1.66. The van der Waals surface area contributed by atoms with Gasteiger partial charge < -0.3 is 15.0 Å². The first-order valence-electron chi connectivity index (χ1n) is 6.93. The van der Waals surface area contributed by atoms with E-state index in [0.29, 0.717) is 6.54 Å². The Morgan fingerprint density at radius 1 is 1.29 bits per heavy atom. The van der Waals surface area contributed by atoms with Crippen molar-refractivity contribution in [2.24, 2.45) is 0 Å². The topological polar surface area (TPSA) is 41.6 Å². The van der Waals surface area contributed by atoms with Gasteiger partial charge in [0.25, 0.3) is 0 Å².